The Labute approximate surface area is 155 Å². The normalized spacial score (nSPS) is 27.1. The first-order valence-corrected chi connectivity index (χ1v) is 8.10. The number of esters is 4. The second-order valence-electron chi connectivity index (χ2n) is 5.81. The number of carbonyl (C=O) groups excluding carboxylic acids is 5. The van der Waals surface area contributed by atoms with Crippen molar-refractivity contribution in [2.75, 3.05) is 6.54 Å². The third-order valence-electron chi connectivity index (χ3n) is 3.33. The van der Waals surface area contributed by atoms with Gasteiger partial charge in [0.15, 0.2) is 12.2 Å². The van der Waals surface area contributed by atoms with Crippen LogP contribution in [0.4, 0.5) is 0 Å². The van der Waals surface area contributed by atoms with Crippen LogP contribution in [-0.4, -0.2) is 67.0 Å². The zero-order valence-electron chi connectivity index (χ0n) is 15.7. The maximum absolute atomic E-state index is 11.6. The molecule has 1 fully saturated rings. The van der Waals surface area contributed by atoms with E-state index in [2.05, 4.69) is 5.32 Å². The minimum absolute atomic E-state index is 0.143. The van der Waals surface area contributed by atoms with Gasteiger partial charge in [0, 0.05) is 41.2 Å². The molecule has 1 saturated heterocycles. The van der Waals surface area contributed by atoms with Gasteiger partial charge in [-0.1, -0.05) is 0 Å². The number of rotatable bonds is 6. The topological polar surface area (TPSA) is 144 Å². The second-order valence-corrected chi connectivity index (χ2v) is 5.81. The quantitative estimate of drug-likeness (QED) is 0.453. The molecule has 0 unspecified atom stereocenters. The summed E-state index contributed by atoms with van der Waals surface area (Å²) in [7, 11) is 0. The van der Waals surface area contributed by atoms with Gasteiger partial charge in [-0.05, 0) is 0 Å². The predicted octanol–water partition coefficient (Wildman–Crippen LogP) is -0.794. The molecule has 1 rings (SSSR count). The monoisotopic (exact) mass is 389 g/mol. The van der Waals surface area contributed by atoms with E-state index in [1.54, 1.807) is 0 Å². The third kappa shape index (κ3) is 7.21. The summed E-state index contributed by atoms with van der Waals surface area (Å²) in [6.45, 7) is 5.55. The van der Waals surface area contributed by atoms with Crippen LogP contribution in [0.2, 0.25) is 0 Å². The van der Waals surface area contributed by atoms with E-state index in [0.717, 1.165) is 27.7 Å². The Kier molecular flexibility index (Phi) is 8.16. The molecule has 27 heavy (non-hydrogen) atoms. The van der Waals surface area contributed by atoms with E-state index in [1.807, 2.05) is 0 Å². The van der Waals surface area contributed by atoms with E-state index >= 15 is 0 Å². The lowest BCUT2D eigenvalue weighted by Gasteiger charge is -2.43. The van der Waals surface area contributed by atoms with Crippen molar-refractivity contribution in [1.82, 2.24) is 5.32 Å². The first-order chi connectivity index (χ1) is 12.5. The molecule has 1 heterocycles. The molecule has 0 aromatic carbocycles. The number of carbonyl (C=O) groups is 5. The summed E-state index contributed by atoms with van der Waals surface area (Å²) < 4.78 is 26.1. The van der Waals surface area contributed by atoms with E-state index in [4.69, 9.17) is 23.7 Å². The first kappa shape index (κ1) is 22.4. The van der Waals surface area contributed by atoms with E-state index in [9.17, 15) is 24.0 Å². The fourth-order valence-corrected chi connectivity index (χ4v) is 2.52. The number of ether oxygens (including phenoxy) is 5. The lowest BCUT2D eigenvalue weighted by molar-refractivity contribution is -0.294. The van der Waals surface area contributed by atoms with Crippen LogP contribution in [-0.2, 0) is 47.7 Å². The van der Waals surface area contributed by atoms with Crippen molar-refractivity contribution in [3.8, 4) is 0 Å². The summed E-state index contributed by atoms with van der Waals surface area (Å²) in [5.41, 5.74) is 0. The molecule has 11 nitrogen and oxygen atoms in total. The van der Waals surface area contributed by atoms with E-state index in [1.165, 1.54) is 6.92 Å². The van der Waals surface area contributed by atoms with Crippen LogP contribution in [0.5, 0.6) is 0 Å². The summed E-state index contributed by atoms with van der Waals surface area (Å²) in [6, 6.07) is 0. The van der Waals surface area contributed by atoms with Crippen LogP contribution in [0, 0.1) is 0 Å². The molecule has 11 heteroatoms. The van der Waals surface area contributed by atoms with Crippen LogP contribution >= 0.6 is 0 Å². The van der Waals surface area contributed by atoms with Crippen molar-refractivity contribution in [2.45, 2.75) is 65.3 Å². The predicted molar refractivity (Wildman–Crippen MR) is 85.8 cm³/mol. The van der Waals surface area contributed by atoms with Gasteiger partial charge in [0.1, 0.15) is 6.10 Å². The summed E-state index contributed by atoms with van der Waals surface area (Å²) in [5, 5.41) is 2.48. The first-order valence-electron chi connectivity index (χ1n) is 8.10. The van der Waals surface area contributed by atoms with Gasteiger partial charge in [-0.2, -0.15) is 0 Å². The zero-order chi connectivity index (χ0) is 20.7. The van der Waals surface area contributed by atoms with Crippen LogP contribution in [0.3, 0.4) is 0 Å². The fraction of sp³-hybridized carbons (Fsp3) is 0.688. The Hall–Kier alpha value is -2.69. The molecular formula is C16H23NO10. The van der Waals surface area contributed by atoms with Crippen molar-refractivity contribution in [2.24, 2.45) is 0 Å². The van der Waals surface area contributed by atoms with E-state index in [-0.39, 0.29) is 6.54 Å². The summed E-state index contributed by atoms with van der Waals surface area (Å²) >= 11 is 0. The highest BCUT2D eigenvalue weighted by Gasteiger charge is 2.53. The maximum atomic E-state index is 11.6. The van der Waals surface area contributed by atoms with Crippen molar-refractivity contribution >= 4 is 29.8 Å². The molecule has 0 radical (unpaired) electrons. The van der Waals surface area contributed by atoms with Gasteiger partial charge >= 0.3 is 23.9 Å². The zero-order valence-corrected chi connectivity index (χ0v) is 15.7. The molecule has 5 atom stereocenters. The average Bonchev–Trinajstić information content (AvgIpc) is 2.49. The molecule has 1 amide bonds. The van der Waals surface area contributed by atoms with Crippen LogP contribution in [0.1, 0.15) is 34.6 Å². The maximum Gasteiger partial charge on any atom is 0.305 e. The van der Waals surface area contributed by atoms with E-state index < -0.39 is 60.5 Å². The van der Waals surface area contributed by atoms with Crippen LogP contribution in [0.15, 0.2) is 0 Å². The molecule has 0 bridgehead atoms. The number of amides is 1. The second kappa shape index (κ2) is 9.86. The van der Waals surface area contributed by atoms with Crippen molar-refractivity contribution in [1.29, 1.82) is 0 Å². The van der Waals surface area contributed by atoms with Crippen LogP contribution in [0.25, 0.3) is 0 Å². The minimum Gasteiger partial charge on any atom is -0.456 e. The largest absolute Gasteiger partial charge is 0.456 e. The molecule has 1 aliphatic rings. The Bertz CT molecular complexity index is 604. The SMILES string of the molecule is CC(=O)NC[C@H]1O[C@@H](OC(C)=O)[C@H](OC(C)=O)[C@@H](OC(C)=O)[C@@H]1OC(C)=O. The molecule has 0 spiro atoms. The van der Waals surface area contributed by atoms with Crippen molar-refractivity contribution < 1.29 is 47.7 Å². The molecule has 0 aromatic rings. The molecule has 1 N–H and O–H groups in total. The minimum atomic E-state index is -1.44. The highest BCUT2D eigenvalue weighted by Crippen LogP contribution is 2.29. The van der Waals surface area contributed by atoms with Gasteiger partial charge in [-0.3, -0.25) is 24.0 Å². The highest BCUT2D eigenvalue weighted by atomic mass is 16.7. The molecule has 0 aliphatic carbocycles. The molecule has 0 aromatic heterocycles. The van der Waals surface area contributed by atoms with Gasteiger partial charge in [0.2, 0.25) is 18.3 Å². The molecule has 152 valence electrons. The lowest BCUT2D eigenvalue weighted by atomic mass is 9.97. The molecule has 0 saturated carbocycles. The summed E-state index contributed by atoms with van der Waals surface area (Å²) in [4.78, 5) is 57.2. The van der Waals surface area contributed by atoms with Crippen molar-refractivity contribution in [3.63, 3.8) is 0 Å². The summed E-state index contributed by atoms with van der Waals surface area (Å²) in [6.07, 6.45) is -6.42. The number of nitrogens with one attached hydrogen (secondary N) is 1. The smallest absolute Gasteiger partial charge is 0.305 e. The van der Waals surface area contributed by atoms with Gasteiger partial charge in [-0.15, -0.1) is 0 Å². The average molecular weight is 389 g/mol. The standard InChI is InChI=1S/C16H23NO10/c1-7(18)17-6-12-13(23-8(2)19)14(24-9(3)20)15(25-10(4)21)16(27-12)26-11(5)22/h12-16H,6H2,1-5H3,(H,17,18)/t12-,13-,14+,15-,16-/m1/s1. The highest BCUT2D eigenvalue weighted by molar-refractivity contribution is 5.73. The number of hydrogen-bond donors (Lipinski definition) is 1. The molecular weight excluding hydrogens is 366 g/mol. The van der Waals surface area contributed by atoms with E-state index in [0.29, 0.717) is 0 Å². The third-order valence-corrected chi connectivity index (χ3v) is 3.33. The Morgan fingerprint density at radius 1 is 0.704 bits per heavy atom. The number of hydrogen-bond acceptors (Lipinski definition) is 10. The fourth-order valence-electron chi connectivity index (χ4n) is 2.52. The van der Waals surface area contributed by atoms with Crippen LogP contribution < -0.4 is 5.32 Å². The Morgan fingerprint density at radius 2 is 1.15 bits per heavy atom. The summed E-state index contributed by atoms with van der Waals surface area (Å²) in [5.74, 6) is -3.38. The van der Waals surface area contributed by atoms with Gasteiger partial charge in [0.05, 0.1) is 0 Å². The lowest BCUT2D eigenvalue weighted by Crippen LogP contribution is -2.64. The Balaban J connectivity index is 3.29. The molecule has 1 aliphatic heterocycles. The van der Waals surface area contributed by atoms with Gasteiger partial charge in [-0.25, -0.2) is 0 Å². The van der Waals surface area contributed by atoms with Crippen molar-refractivity contribution in [3.05, 3.63) is 0 Å². The van der Waals surface area contributed by atoms with Gasteiger partial charge < -0.3 is 29.0 Å². The Morgan fingerprint density at radius 3 is 1.59 bits per heavy atom. The van der Waals surface area contributed by atoms with Gasteiger partial charge in [0.25, 0.3) is 0 Å².